The third-order valence-electron chi connectivity index (χ3n) is 3.09. The van der Waals surface area contributed by atoms with Gasteiger partial charge in [0.05, 0.1) is 6.61 Å². The van der Waals surface area contributed by atoms with E-state index in [4.69, 9.17) is 22.1 Å². The highest BCUT2D eigenvalue weighted by Gasteiger charge is 2.11. The van der Waals surface area contributed by atoms with E-state index in [9.17, 15) is 0 Å². The molecule has 7 heteroatoms. The van der Waals surface area contributed by atoms with Crippen molar-refractivity contribution in [3.63, 3.8) is 0 Å². The Morgan fingerprint density at radius 3 is 2.73 bits per heavy atom. The molecule has 1 aromatic heterocycles. The van der Waals surface area contributed by atoms with Crippen molar-refractivity contribution in [2.45, 2.75) is 19.5 Å². The van der Waals surface area contributed by atoms with E-state index in [2.05, 4.69) is 20.6 Å². The second-order valence-electron chi connectivity index (χ2n) is 4.93. The lowest BCUT2D eigenvalue weighted by molar-refractivity contribution is 0.190. The lowest BCUT2D eigenvalue weighted by Crippen LogP contribution is -2.22. The Morgan fingerprint density at radius 1 is 1.27 bits per heavy atom. The number of nitrogens with two attached hydrogens (primary N) is 1. The van der Waals surface area contributed by atoms with E-state index in [-0.39, 0.29) is 6.04 Å². The number of nitrogens with zero attached hydrogens (tertiary/aromatic N) is 2. The Morgan fingerprint density at radius 2 is 2.00 bits per heavy atom. The lowest BCUT2D eigenvalue weighted by atomic mass is 10.2. The van der Waals surface area contributed by atoms with Crippen molar-refractivity contribution < 1.29 is 4.74 Å². The fourth-order valence-corrected chi connectivity index (χ4v) is 2.20. The summed E-state index contributed by atoms with van der Waals surface area (Å²) in [6, 6.07) is 7.72. The second kappa shape index (κ2) is 7.82. The molecule has 118 valence electrons. The molecule has 0 aliphatic rings. The lowest BCUT2D eigenvalue weighted by Gasteiger charge is -2.16. The van der Waals surface area contributed by atoms with Crippen LogP contribution in [0.1, 0.15) is 12.5 Å². The molecule has 1 unspecified atom stereocenters. The van der Waals surface area contributed by atoms with E-state index in [1.54, 1.807) is 7.11 Å². The molecular weight excluding hydrogens is 302 g/mol. The molecule has 0 saturated carbocycles. The number of rotatable bonds is 7. The molecule has 0 bridgehead atoms. The minimum atomic E-state index is 0.0959. The number of anilines is 3. The van der Waals surface area contributed by atoms with Crippen LogP contribution in [0.4, 0.5) is 17.3 Å². The molecule has 22 heavy (non-hydrogen) atoms. The first-order valence-corrected chi connectivity index (χ1v) is 7.32. The number of halogens is 1. The average molecular weight is 322 g/mol. The van der Waals surface area contributed by atoms with E-state index in [0.717, 1.165) is 5.56 Å². The summed E-state index contributed by atoms with van der Waals surface area (Å²) in [5, 5.41) is 7.08. The number of aromatic nitrogens is 2. The van der Waals surface area contributed by atoms with Gasteiger partial charge < -0.3 is 21.1 Å². The average Bonchev–Trinajstić information content (AvgIpc) is 2.50. The Hall–Kier alpha value is -2.05. The normalized spacial score (nSPS) is 12.0. The minimum Gasteiger partial charge on any atom is -0.393 e. The van der Waals surface area contributed by atoms with E-state index < -0.39 is 0 Å². The van der Waals surface area contributed by atoms with Crippen molar-refractivity contribution in [2.24, 2.45) is 0 Å². The maximum Gasteiger partial charge on any atom is 0.155 e. The van der Waals surface area contributed by atoms with Gasteiger partial charge in [-0.05, 0) is 18.6 Å². The highest BCUT2D eigenvalue weighted by molar-refractivity contribution is 6.31. The number of nitrogen functional groups attached to an aromatic ring is 1. The van der Waals surface area contributed by atoms with Crippen molar-refractivity contribution in [3.8, 4) is 0 Å². The zero-order valence-corrected chi connectivity index (χ0v) is 13.4. The third-order valence-corrected chi connectivity index (χ3v) is 3.46. The fourth-order valence-electron chi connectivity index (χ4n) is 2.00. The number of nitrogens with one attached hydrogen (secondary N) is 2. The molecule has 6 nitrogen and oxygen atoms in total. The molecule has 1 aromatic carbocycles. The monoisotopic (exact) mass is 321 g/mol. The van der Waals surface area contributed by atoms with Crippen LogP contribution in [0.2, 0.25) is 5.02 Å². The van der Waals surface area contributed by atoms with E-state index in [1.165, 1.54) is 6.33 Å². The van der Waals surface area contributed by atoms with Crippen LogP contribution in [-0.4, -0.2) is 29.7 Å². The molecule has 0 amide bonds. The summed E-state index contributed by atoms with van der Waals surface area (Å²) in [5.74, 6) is 1.16. The van der Waals surface area contributed by atoms with Crippen LogP contribution in [-0.2, 0) is 11.3 Å². The van der Waals surface area contributed by atoms with Crippen LogP contribution in [0.3, 0.4) is 0 Å². The number of hydrogen-bond donors (Lipinski definition) is 3. The highest BCUT2D eigenvalue weighted by Crippen LogP contribution is 2.24. The Bertz CT molecular complexity index is 623. The molecule has 4 N–H and O–H groups in total. The van der Waals surface area contributed by atoms with E-state index in [1.807, 2.05) is 31.2 Å². The molecule has 0 aliphatic heterocycles. The molecule has 2 aromatic rings. The molecule has 0 spiro atoms. The molecule has 0 fully saturated rings. The predicted molar refractivity (Wildman–Crippen MR) is 90.2 cm³/mol. The van der Waals surface area contributed by atoms with Crippen LogP contribution in [0.25, 0.3) is 0 Å². The van der Waals surface area contributed by atoms with Crippen LogP contribution in [0.15, 0.2) is 30.6 Å². The van der Waals surface area contributed by atoms with Gasteiger partial charge in [0, 0.05) is 24.7 Å². The van der Waals surface area contributed by atoms with Crippen molar-refractivity contribution in [1.82, 2.24) is 9.97 Å². The topological polar surface area (TPSA) is 85.1 Å². The van der Waals surface area contributed by atoms with Crippen LogP contribution < -0.4 is 16.4 Å². The first-order chi connectivity index (χ1) is 10.6. The van der Waals surface area contributed by atoms with E-state index >= 15 is 0 Å². The first kappa shape index (κ1) is 16.3. The van der Waals surface area contributed by atoms with Crippen LogP contribution >= 0.6 is 11.6 Å². The maximum absolute atomic E-state index is 6.13. The van der Waals surface area contributed by atoms with Crippen molar-refractivity contribution in [3.05, 3.63) is 41.2 Å². The van der Waals surface area contributed by atoms with Gasteiger partial charge in [0.1, 0.15) is 12.0 Å². The smallest absolute Gasteiger partial charge is 0.155 e. The van der Waals surface area contributed by atoms with E-state index in [0.29, 0.717) is 35.5 Å². The quantitative estimate of drug-likeness (QED) is 0.727. The van der Waals surface area contributed by atoms with Crippen molar-refractivity contribution >= 4 is 28.9 Å². The Balaban J connectivity index is 2.07. The van der Waals surface area contributed by atoms with Crippen molar-refractivity contribution in [2.75, 3.05) is 30.1 Å². The van der Waals surface area contributed by atoms with Gasteiger partial charge in [0.2, 0.25) is 0 Å². The summed E-state index contributed by atoms with van der Waals surface area (Å²) in [6.45, 7) is 3.08. The minimum absolute atomic E-state index is 0.0959. The van der Waals surface area contributed by atoms with Gasteiger partial charge in [-0.15, -0.1) is 0 Å². The number of hydrogen-bond acceptors (Lipinski definition) is 6. The molecule has 1 atom stereocenters. The Kier molecular flexibility index (Phi) is 5.80. The zero-order chi connectivity index (χ0) is 15.9. The van der Waals surface area contributed by atoms with Gasteiger partial charge >= 0.3 is 0 Å². The summed E-state index contributed by atoms with van der Waals surface area (Å²) in [7, 11) is 1.65. The number of methoxy groups -OCH3 is 1. The fraction of sp³-hybridized carbons (Fsp3) is 0.333. The van der Waals surface area contributed by atoms with Gasteiger partial charge in [-0.3, -0.25) is 0 Å². The molecule has 2 rings (SSSR count). The van der Waals surface area contributed by atoms with Gasteiger partial charge in [-0.25, -0.2) is 9.97 Å². The molecule has 0 radical (unpaired) electrons. The van der Waals surface area contributed by atoms with Crippen LogP contribution in [0, 0.1) is 0 Å². The van der Waals surface area contributed by atoms with Crippen molar-refractivity contribution in [1.29, 1.82) is 0 Å². The maximum atomic E-state index is 6.13. The Labute approximate surface area is 135 Å². The number of benzene rings is 1. The first-order valence-electron chi connectivity index (χ1n) is 6.95. The predicted octanol–water partition coefficient (Wildman–Crippen LogP) is 2.77. The summed E-state index contributed by atoms with van der Waals surface area (Å²) in [6.07, 6.45) is 1.47. The third kappa shape index (κ3) is 4.22. The van der Waals surface area contributed by atoms with Gasteiger partial charge in [-0.2, -0.15) is 0 Å². The summed E-state index contributed by atoms with van der Waals surface area (Å²) in [4.78, 5) is 8.34. The van der Waals surface area contributed by atoms with Gasteiger partial charge in [0.15, 0.2) is 11.6 Å². The second-order valence-corrected chi connectivity index (χ2v) is 5.34. The molecular formula is C15H20ClN5O. The molecule has 0 aliphatic carbocycles. The van der Waals surface area contributed by atoms with Crippen LogP contribution in [0.5, 0.6) is 0 Å². The summed E-state index contributed by atoms with van der Waals surface area (Å²) >= 11 is 6.13. The molecule has 0 saturated heterocycles. The molecule has 1 heterocycles. The number of ether oxygens (including phenoxy) is 1. The van der Waals surface area contributed by atoms with Gasteiger partial charge in [-0.1, -0.05) is 29.8 Å². The summed E-state index contributed by atoms with van der Waals surface area (Å²) in [5.41, 5.74) is 7.55. The largest absolute Gasteiger partial charge is 0.393 e. The summed E-state index contributed by atoms with van der Waals surface area (Å²) < 4.78 is 5.09. The highest BCUT2D eigenvalue weighted by atomic mass is 35.5. The standard InChI is InChI=1S/C15H20ClN5O/c1-10(8-22-2)21-15-13(17)14(19-9-20-15)18-7-11-5-3-4-6-12(11)16/h3-6,9-10H,7-8,17H2,1-2H3,(H2,18,19,20,21). The zero-order valence-electron chi connectivity index (χ0n) is 12.6. The SMILES string of the molecule is COCC(C)Nc1ncnc(NCc2ccccc2Cl)c1N. The van der Waals surface area contributed by atoms with Gasteiger partial charge in [0.25, 0.3) is 0 Å².